The molecule has 1 saturated heterocycles. The van der Waals surface area contributed by atoms with E-state index in [0.717, 1.165) is 0 Å². The number of carbonyl (C=O) groups is 2. The Hall–Kier alpha value is -1.10. The van der Waals surface area contributed by atoms with Crippen molar-refractivity contribution in [1.82, 2.24) is 5.32 Å². The van der Waals surface area contributed by atoms with Gasteiger partial charge in [-0.1, -0.05) is 0 Å². The van der Waals surface area contributed by atoms with Crippen molar-refractivity contribution in [2.24, 2.45) is 0 Å². The number of nitrogens with one attached hydrogen (secondary N) is 1. The van der Waals surface area contributed by atoms with Gasteiger partial charge in [0.05, 0.1) is 0 Å². The maximum atomic E-state index is 10.5. The summed E-state index contributed by atoms with van der Waals surface area (Å²) in [6.45, 7) is 0.949. The smallest absolute Gasteiger partial charge is 0.320 e. The minimum Gasteiger partial charge on any atom is -0.480 e. The molecule has 2 atom stereocenters. The average molecular weight is 173 g/mol. The van der Waals surface area contributed by atoms with Crippen LogP contribution in [0, 0.1) is 0 Å². The van der Waals surface area contributed by atoms with Crippen LogP contribution in [0.3, 0.4) is 0 Å². The summed E-state index contributed by atoms with van der Waals surface area (Å²) in [5.41, 5.74) is 0. The summed E-state index contributed by atoms with van der Waals surface area (Å²) in [7, 11) is 0. The minimum atomic E-state index is -0.894. The van der Waals surface area contributed by atoms with Crippen LogP contribution in [0.5, 0.6) is 0 Å². The number of hydrogen-bond acceptors (Lipinski definition) is 4. The van der Waals surface area contributed by atoms with Crippen LogP contribution in [0.2, 0.25) is 0 Å². The minimum absolute atomic E-state index is 0.246. The highest BCUT2D eigenvalue weighted by Gasteiger charge is 2.26. The standard InChI is InChI=1S/C7H11NO4/c9-4-12-5-1-2-8-6(3-5)7(10)11/h4-6,8H,1-3H2,(H,10,11). The van der Waals surface area contributed by atoms with E-state index in [1.807, 2.05) is 0 Å². The van der Waals surface area contributed by atoms with Crippen molar-refractivity contribution in [2.75, 3.05) is 6.54 Å². The Labute approximate surface area is 69.7 Å². The molecule has 1 fully saturated rings. The van der Waals surface area contributed by atoms with E-state index in [0.29, 0.717) is 25.9 Å². The Morgan fingerprint density at radius 2 is 2.42 bits per heavy atom. The normalized spacial score (nSPS) is 29.3. The Kier molecular flexibility index (Phi) is 3.04. The van der Waals surface area contributed by atoms with E-state index in [1.54, 1.807) is 0 Å². The lowest BCUT2D eigenvalue weighted by Gasteiger charge is -2.26. The topological polar surface area (TPSA) is 75.6 Å². The highest BCUT2D eigenvalue weighted by Crippen LogP contribution is 2.11. The van der Waals surface area contributed by atoms with Crippen LogP contribution in [-0.4, -0.2) is 36.2 Å². The Morgan fingerprint density at radius 3 is 3.00 bits per heavy atom. The summed E-state index contributed by atoms with van der Waals surface area (Å²) in [4.78, 5) is 20.5. The molecular formula is C7H11NO4. The predicted molar refractivity (Wildman–Crippen MR) is 39.6 cm³/mol. The number of piperidine rings is 1. The van der Waals surface area contributed by atoms with E-state index in [4.69, 9.17) is 5.11 Å². The summed E-state index contributed by atoms with van der Waals surface area (Å²) in [5.74, 6) is -0.894. The number of rotatable bonds is 3. The first-order valence-corrected chi connectivity index (χ1v) is 3.79. The van der Waals surface area contributed by atoms with Gasteiger partial charge in [0, 0.05) is 6.42 Å². The molecule has 2 N–H and O–H groups in total. The summed E-state index contributed by atoms with van der Waals surface area (Å²) in [6, 6.07) is -0.580. The van der Waals surface area contributed by atoms with Gasteiger partial charge in [0.2, 0.25) is 0 Å². The molecule has 0 amide bonds. The van der Waals surface area contributed by atoms with Gasteiger partial charge in [-0.05, 0) is 13.0 Å². The van der Waals surface area contributed by atoms with Gasteiger partial charge in [0.1, 0.15) is 12.1 Å². The summed E-state index contributed by atoms with van der Waals surface area (Å²) in [5, 5.41) is 11.4. The zero-order valence-electron chi connectivity index (χ0n) is 6.53. The van der Waals surface area contributed by atoms with Gasteiger partial charge in [-0.2, -0.15) is 0 Å². The largest absolute Gasteiger partial charge is 0.480 e. The van der Waals surface area contributed by atoms with Gasteiger partial charge in [0.25, 0.3) is 6.47 Å². The fraction of sp³-hybridized carbons (Fsp3) is 0.714. The average Bonchev–Trinajstić information content (AvgIpc) is 2.05. The van der Waals surface area contributed by atoms with Crippen molar-refractivity contribution in [1.29, 1.82) is 0 Å². The number of ether oxygens (including phenoxy) is 1. The third-order valence-electron chi connectivity index (χ3n) is 1.90. The molecule has 0 bridgehead atoms. The van der Waals surface area contributed by atoms with Gasteiger partial charge in [0.15, 0.2) is 0 Å². The molecule has 12 heavy (non-hydrogen) atoms. The highest BCUT2D eigenvalue weighted by atomic mass is 16.5. The first kappa shape index (κ1) is 8.99. The van der Waals surface area contributed by atoms with Gasteiger partial charge in [-0.3, -0.25) is 9.59 Å². The molecule has 0 aromatic rings. The van der Waals surface area contributed by atoms with Crippen molar-refractivity contribution >= 4 is 12.4 Å². The SMILES string of the molecule is O=COC1CCNC(C(=O)O)C1. The number of aliphatic carboxylic acids is 1. The summed E-state index contributed by atoms with van der Waals surface area (Å²) >= 11 is 0. The lowest BCUT2D eigenvalue weighted by molar-refractivity contribution is -0.144. The van der Waals surface area contributed by atoms with Crippen molar-refractivity contribution in [3.8, 4) is 0 Å². The van der Waals surface area contributed by atoms with E-state index in [9.17, 15) is 9.59 Å². The van der Waals surface area contributed by atoms with Crippen LogP contribution in [0.1, 0.15) is 12.8 Å². The van der Waals surface area contributed by atoms with Crippen LogP contribution in [0.4, 0.5) is 0 Å². The first-order valence-electron chi connectivity index (χ1n) is 3.79. The Morgan fingerprint density at radius 1 is 1.67 bits per heavy atom. The highest BCUT2D eigenvalue weighted by molar-refractivity contribution is 5.73. The molecule has 5 heteroatoms. The number of hydrogen-bond donors (Lipinski definition) is 2. The molecular weight excluding hydrogens is 162 g/mol. The monoisotopic (exact) mass is 173 g/mol. The molecule has 0 spiro atoms. The molecule has 0 radical (unpaired) electrons. The molecule has 0 aliphatic carbocycles. The van der Waals surface area contributed by atoms with E-state index in [2.05, 4.69) is 10.1 Å². The third kappa shape index (κ3) is 2.20. The summed E-state index contributed by atoms with van der Waals surface area (Å²) < 4.78 is 4.68. The first-order chi connectivity index (χ1) is 5.74. The molecule has 1 rings (SSSR count). The zero-order valence-corrected chi connectivity index (χ0v) is 6.53. The van der Waals surface area contributed by atoms with E-state index >= 15 is 0 Å². The zero-order chi connectivity index (χ0) is 8.97. The van der Waals surface area contributed by atoms with Gasteiger partial charge in [-0.15, -0.1) is 0 Å². The second-order valence-corrected chi connectivity index (χ2v) is 2.72. The number of carboxylic acids is 1. The molecule has 2 unspecified atom stereocenters. The van der Waals surface area contributed by atoms with Crippen LogP contribution in [-0.2, 0) is 14.3 Å². The molecule has 0 aromatic heterocycles. The lowest BCUT2D eigenvalue weighted by atomic mass is 10.0. The van der Waals surface area contributed by atoms with Crippen molar-refractivity contribution in [3.63, 3.8) is 0 Å². The number of carbonyl (C=O) groups excluding carboxylic acids is 1. The number of carboxylic acid groups (broad SMARTS) is 1. The van der Waals surface area contributed by atoms with Crippen LogP contribution in [0.15, 0.2) is 0 Å². The van der Waals surface area contributed by atoms with E-state index < -0.39 is 12.0 Å². The molecule has 0 aromatic carbocycles. The van der Waals surface area contributed by atoms with Gasteiger partial charge >= 0.3 is 5.97 Å². The van der Waals surface area contributed by atoms with Crippen molar-refractivity contribution in [3.05, 3.63) is 0 Å². The fourth-order valence-electron chi connectivity index (χ4n) is 1.27. The van der Waals surface area contributed by atoms with E-state index in [-0.39, 0.29) is 6.10 Å². The lowest BCUT2D eigenvalue weighted by Crippen LogP contribution is -2.45. The molecule has 0 saturated carbocycles. The molecule has 1 aliphatic rings. The van der Waals surface area contributed by atoms with E-state index in [1.165, 1.54) is 0 Å². The fourth-order valence-corrected chi connectivity index (χ4v) is 1.27. The van der Waals surface area contributed by atoms with Crippen LogP contribution < -0.4 is 5.32 Å². The maximum absolute atomic E-state index is 10.5. The Balaban J connectivity index is 2.39. The third-order valence-corrected chi connectivity index (χ3v) is 1.90. The molecule has 68 valence electrons. The van der Waals surface area contributed by atoms with Crippen molar-refractivity contribution in [2.45, 2.75) is 25.0 Å². The van der Waals surface area contributed by atoms with Crippen LogP contribution in [0.25, 0.3) is 0 Å². The second kappa shape index (κ2) is 4.06. The maximum Gasteiger partial charge on any atom is 0.320 e. The summed E-state index contributed by atoms with van der Waals surface area (Å²) in [6.07, 6.45) is 0.793. The molecule has 5 nitrogen and oxygen atoms in total. The predicted octanol–water partition coefficient (Wildman–Crippen LogP) is -0.635. The van der Waals surface area contributed by atoms with Gasteiger partial charge < -0.3 is 15.2 Å². The Bertz CT molecular complexity index is 182. The second-order valence-electron chi connectivity index (χ2n) is 2.72. The van der Waals surface area contributed by atoms with Crippen LogP contribution >= 0.6 is 0 Å². The quantitative estimate of drug-likeness (QED) is 0.555. The van der Waals surface area contributed by atoms with Gasteiger partial charge in [-0.25, -0.2) is 0 Å². The molecule has 1 heterocycles. The van der Waals surface area contributed by atoms with Crippen molar-refractivity contribution < 1.29 is 19.4 Å². The molecule has 1 aliphatic heterocycles.